The molecular formula is C22H12F12NOP. The molecule has 0 N–H and O–H groups in total. The Kier molecular flexibility index (Phi) is 7.23. The first-order valence-electron chi connectivity index (χ1n) is 9.80. The monoisotopic (exact) mass is 565 g/mol. The van der Waals surface area contributed by atoms with Crippen molar-refractivity contribution in [1.82, 2.24) is 4.98 Å². The molecule has 0 radical (unpaired) electrons. The van der Waals surface area contributed by atoms with Crippen molar-refractivity contribution < 1.29 is 57.3 Å². The molecule has 0 unspecified atom stereocenters. The summed E-state index contributed by atoms with van der Waals surface area (Å²) >= 11 is 0. The summed E-state index contributed by atoms with van der Waals surface area (Å²) in [7, 11) is -5.09. The molecule has 2 aromatic carbocycles. The Morgan fingerprint density at radius 2 is 0.919 bits per heavy atom. The van der Waals surface area contributed by atoms with Gasteiger partial charge >= 0.3 is 24.7 Å². The minimum Gasteiger partial charge on any atom is -0.313 e. The van der Waals surface area contributed by atoms with E-state index in [-0.39, 0.29) is 42.1 Å². The van der Waals surface area contributed by atoms with Crippen molar-refractivity contribution in [2.45, 2.75) is 30.9 Å². The molecule has 0 aliphatic heterocycles. The predicted molar refractivity (Wildman–Crippen MR) is 108 cm³/mol. The average Bonchev–Trinajstić information content (AvgIpc) is 2.76. The first-order valence-corrected chi connectivity index (χ1v) is 11.7. The summed E-state index contributed by atoms with van der Waals surface area (Å²) in [6.45, 7) is 0. The molecule has 0 saturated carbocycles. The summed E-state index contributed by atoms with van der Waals surface area (Å²) in [4.78, 5) is 3.74. The number of benzene rings is 2. The Morgan fingerprint density at radius 1 is 0.568 bits per heavy atom. The largest absolute Gasteiger partial charge is 0.416 e. The van der Waals surface area contributed by atoms with Crippen molar-refractivity contribution >= 4 is 17.8 Å². The highest BCUT2D eigenvalue weighted by molar-refractivity contribution is 7.78. The van der Waals surface area contributed by atoms with Crippen molar-refractivity contribution in [2.75, 3.05) is 0 Å². The first-order chi connectivity index (χ1) is 16.7. The molecule has 3 rings (SSSR count). The minimum absolute atomic E-state index is 0.0203. The quantitative estimate of drug-likeness (QED) is 0.240. The topological polar surface area (TPSA) is 30.0 Å². The van der Waals surface area contributed by atoms with E-state index in [1.165, 1.54) is 12.1 Å². The molecule has 0 aliphatic rings. The molecule has 15 heteroatoms. The molecule has 0 fully saturated rings. The molecule has 3 aromatic rings. The number of pyridine rings is 1. The maximum atomic E-state index is 14.2. The second-order valence-corrected chi connectivity index (χ2v) is 10.6. The van der Waals surface area contributed by atoms with Crippen molar-refractivity contribution in [3.63, 3.8) is 0 Å². The normalized spacial score (nSPS) is 13.6. The van der Waals surface area contributed by atoms with Crippen LogP contribution in [0.3, 0.4) is 0 Å². The fourth-order valence-corrected chi connectivity index (χ4v) is 6.04. The number of aromatic nitrogens is 1. The van der Waals surface area contributed by atoms with E-state index in [9.17, 15) is 57.3 Å². The van der Waals surface area contributed by atoms with Gasteiger partial charge in [-0.05, 0) is 48.5 Å². The zero-order chi connectivity index (χ0) is 28.0. The number of alkyl halides is 12. The van der Waals surface area contributed by atoms with E-state index in [0.29, 0.717) is 0 Å². The summed E-state index contributed by atoms with van der Waals surface area (Å²) in [5.41, 5.74) is -8.03. The fraction of sp³-hybridized carbons (Fsp3) is 0.227. The van der Waals surface area contributed by atoms with Gasteiger partial charge in [-0.3, -0.25) is 4.98 Å². The molecule has 0 spiro atoms. The molecule has 0 amide bonds. The van der Waals surface area contributed by atoms with Crippen LogP contribution in [0.25, 0.3) is 0 Å². The third kappa shape index (κ3) is 6.46. The van der Waals surface area contributed by atoms with E-state index < -0.39 is 70.9 Å². The van der Waals surface area contributed by atoms with E-state index in [2.05, 4.69) is 4.98 Å². The van der Waals surface area contributed by atoms with Gasteiger partial charge < -0.3 is 4.57 Å². The third-order valence-electron chi connectivity index (χ3n) is 5.09. The maximum Gasteiger partial charge on any atom is 0.416 e. The first kappa shape index (κ1) is 28.5. The smallest absolute Gasteiger partial charge is 0.313 e. The van der Waals surface area contributed by atoms with Crippen LogP contribution in [0, 0.1) is 0 Å². The average molecular weight is 565 g/mol. The lowest BCUT2D eigenvalue weighted by Crippen LogP contribution is -2.25. The summed E-state index contributed by atoms with van der Waals surface area (Å²) < 4.78 is 175. The van der Waals surface area contributed by atoms with Gasteiger partial charge in [0.25, 0.3) is 0 Å². The van der Waals surface area contributed by atoms with Crippen molar-refractivity contribution in [2.24, 2.45) is 0 Å². The number of halogens is 12. The highest BCUT2D eigenvalue weighted by atomic mass is 31.2. The maximum absolute atomic E-state index is 14.2. The molecule has 0 atom stereocenters. The highest BCUT2D eigenvalue weighted by Gasteiger charge is 2.43. The Balaban J connectivity index is 2.44. The van der Waals surface area contributed by atoms with Crippen LogP contribution in [0.15, 0.2) is 60.8 Å². The van der Waals surface area contributed by atoms with E-state index in [4.69, 9.17) is 0 Å². The van der Waals surface area contributed by atoms with E-state index in [1.54, 1.807) is 0 Å². The van der Waals surface area contributed by atoms with Gasteiger partial charge in [0.15, 0.2) is 0 Å². The molecule has 37 heavy (non-hydrogen) atoms. The number of hydrogen-bond acceptors (Lipinski definition) is 2. The van der Waals surface area contributed by atoms with Crippen LogP contribution in [-0.2, 0) is 35.4 Å². The highest BCUT2D eigenvalue weighted by Crippen LogP contribution is 2.50. The Bertz CT molecular complexity index is 1180. The molecule has 0 aliphatic carbocycles. The molecule has 200 valence electrons. The molecular weight excluding hydrogens is 553 g/mol. The zero-order valence-electron chi connectivity index (χ0n) is 17.8. The lowest BCUT2D eigenvalue weighted by molar-refractivity contribution is -0.144. The second-order valence-electron chi connectivity index (χ2n) is 7.75. The van der Waals surface area contributed by atoms with Crippen LogP contribution in [0.4, 0.5) is 52.7 Å². The van der Waals surface area contributed by atoms with Gasteiger partial charge in [-0.2, -0.15) is 52.7 Å². The van der Waals surface area contributed by atoms with Gasteiger partial charge in [-0.1, -0.05) is 6.07 Å². The second kappa shape index (κ2) is 9.38. The minimum atomic E-state index is -5.42. The van der Waals surface area contributed by atoms with Crippen molar-refractivity contribution in [3.8, 4) is 0 Å². The van der Waals surface area contributed by atoms with Gasteiger partial charge in [-0.25, -0.2) is 0 Å². The van der Waals surface area contributed by atoms with Crippen LogP contribution in [0.2, 0.25) is 0 Å². The number of hydrogen-bond donors (Lipinski definition) is 0. The van der Waals surface area contributed by atoms with E-state index in [0.717, 1.165) is 12.3 Å². The van der Waals surface area contributed by atoms with Crippen LogP contribution in [0.5, 0.6) is 0 Å². The summed E-state index contributed by atoms with van der Waals surface area (Å²) in [5, 5.41) is -2.49. The SMILES string of the molecule is O=P(Cc1ccccn1)(c1cc(C(F)(F)F)cc(C(F)(F)F)c1)c1cc(C(F)(F)F)cc(C(F)(F)F)c1. The van der Waals surface area contributed by atoms with Crippen LogP contribution < -0.4 is 10.6 Å². The van der Waals surface area contributed by atoms with Gasteiger partial charge in [0.2, 0.25) is 0 Å². The Morgan fingerprint density at radius 3 is 1.19 bits per heavy atom. The summed E-state index contributed by atoms with van der Waals surface area (Å²) in [6.07, 6.45) is -21.7. The molecule has 0 saturated heterocycles. The Hall–Kier alpha value is -3.02. The van der Waals surface area contributed by atoms with Gasteiger partial charge in [0.1, 0.15) is 7.14 Å². The zero-order valence-corrected chi connectivity index (χ0v) is 18.7. The molecule has 1 heterocycles. The molecule has 0 bridgehead atoms. The summed E-state index contributed by atoms with van der Waals surface area (Å²) in [6, 6.07) is 3.19. The van der Waals surface area contributed by atoms with Gasteiger partial charge in [0.05, 0.1) is 28.4 Å². The predicted octanol–water partition coefficient (Wildman–Crippen LogP) is 7.67. The Labute approximate surface area is 200 Å². The van der Waals surface area contributed by atoms with Gasteiger partial charge in [-0.15, -0.1) is 0 Å². The van der Waals surface area contributed by atoms with Crippen LogP contribution in [0.1, 0.15) is 27.9 Å². The lowest BCUT2D eigenvalue weighted by Gasteiger charge is -2.24. The van der Waals surface area contributed by atoms with Gasteiger partial charge in [0, 0.05) is 22.5 Å². The van der Waals surface area contributed by atoms with E-state index in [1.807, 2.05) is 0 Å². The van der Waals surface area contributed by atoms with Crippen molar-refractivity contribution in [3.05, 3.63) is 88.7 Å². The fourth-order valence-electron chi connectivity index (χ4n) is 3.35. The summed E-state index contributed by atoms with van der Waals surface area (Å²) in [5.74, 6) is 0. The standard InChI is InChI=1S/C22H12F12NOP/c23-19(24,25)12-5-13(20(26,27)28)8-17(7-12)37(36,11-16-3-1-2-4-35-16)18-9-14(21(29,30)31)6-15(10-18)22(32,33)34/h1-10H,11H2. The molecule has 1 aromatic heterocycles. The van der Waals surface area contributed by atoms with Crippen molar-refractivity contribution in [1.29, 1.82) is 0 Å². The lowest BCUT2D eigenvalue weighted by atomic mass is 10.1. The van der Waals surface area contributed by atoms with E-state index >= 15 is 0 Å². The third-order valence-corrected chi connectivity index (χ3v) is 8.04. The number of nitrogens with zero attached hydrogens (tertiary/aromatic N) is 1. The van der Waals surface area contributed by atoms with Crippen LogP contribution in [-0.4, -0.2) is 4.98 Å². The van der Waals surface area contributed by atoms with Crippen LogP contribution >= 0.6 is 7.14 Å². The molecule has 2 nitrogen and oxygen atoms in total. The number of rotatable bonds is 4.